The van der Waals surface area contributed by atoms with E-state index in [9.17, 15) is 15.2 Å². The Labute approximate surface area is 194 Å². The van der Waals surface area contributed by atoms with E-state index in [1.807, 2.05) is 29.0 Å². The molecular formula is C24H17Cl2N3O3. The minimum atomic E-state index is -0.423. The Bertz CT molecular complexity index is 1300. The van der Waals surface area contributed by atoms with Gasteiger partial charge in [0.25, 0.3) is 5.69 Å². The van der Waals surface area contributed by atoms with Crippen molar-refractivity contribution in [2.75, 3.05) is 0 Å². The van der Waals surface area contributed by atoms with Gasteiger partial charge in [0.05, 0.1) is 15.6 Å². The standard InChI is InChI=1S/C24H17Cl2N3O3/c25-18-6-11-21(22(26)13-18)23-15-28(14-17-1-7-19(8-2-17)29(31)32)24(27-23)12-5-16-3-9-20(30)10-4-16/h1-13,15,30H,14H2/b12-5+. The van der Waals surface area contributed by atoms with Crippen LogP contribution < -0.4 is 0 Å². The largest absolute Gasteiger partial charge is 0.508 e. The van der Waals surface area contributed by atoms with Gasteiger partial charge in [-0.15, -0.1) is 0 Å². The lowest BCUT2D eigenvalue weighted by Gasteiger charge is -2.05. The van der Waals surface area contributed by atoms with E-state index in [-0.39, 0.29) is 11.4 Å². The lowest BCUT2D eigenvalue weighted by molar-refractivity contribution is -0.384. The molecule has 0 aliphatic carbocycles. The number of phenols is 1. The average molecular weight is 466 g/mol. The fourth-order valence-corrected chi connectivity index (χ4v) is 3.70. The summed E-state index contributed by atoms with van der Waals surface area (Å²) in [6.07, 6.45) is 5.64. The molecule has 0 amide bonds. The van der Waals surface area contributed by atoms with E-state index in [0.717, 1.165) is 16.7 Å². The molecule has 0 atom stereocenters. The Kier molecular flexibility index (Phi) is 6.25. The van der Waals surface area contributed by atoms with Crippen LogP contribution in [0.1, 0.15) is 17.0 Å². The Morgan fingerprint density at radius 2 is 1.72 bits per heavy atom. The number of nitro benzene ring substituents is 1. The second-order valence-electron chi connectivity index (χ2n) is 7.08. The highest BCUT2D eigenvalue weighted by atomic mass is 35.5. The maximum atomic E-state index is 10.9. The monoisotopic (exact) mass is 465 g/mol. The Morgan fingerprint density at radius 3 is 2.38 bits per heavy atom. The van der Waals surface area contributed by atoms with Crippen molar-refractivity contribution in [3.63, 3.8) is 0 Å². The van der Waals surface area contributed by atoms with E-state index in [4.69, 9.17) is 28.2 Å². The summed E-state index contributed by atoms with van der Waals surface area (Å²) in [4.78, 5) is 15.2. The molecule has 6 nitrogen and oxygen atoms in total. The van der Waals surface area contributed by atoms with Crippen molar-refractivity contribution < 1.29 is 10.0 Å². The van der Waals surface area contributed by atoms with Gasteiger partial charge in [0.1, 0.15) is 11.6 Å². The highest BCUT2D eigenvalue weighted by Crippen LogP contribution is 2.30. The van der Waals surface area contributed by atoms with Crippen LogP contribution in [0, 0.1) is 10.1 Å². The van der Waals surface area contributed by atoms with Gasteiger partial charge in [0.2, 0.25) is 0 Å². The number of nitro groups is 1. The number of aromatic nitrogens is 2. The van der Waals surface area contributed by atoms with Crippen LogP contribution in [-0.4, -0.2) is 19.6 Å². The van der Waals surface area contributed by atoms with Crippen LogP contribution in [0.2, 0.25) is 10.0 Å². The molecule has 3 aromatic carbocycles. The summed E-state index contributed by atoms with van der Waals surface area (Å²) in [6, 6.07) is 18.5. The quantitative estimate of drug-likeness (QED) is 0.254. The summed E-state index contributed by atoms with van der Waals surface area (Å²) >= 11 is 12.4. The van der Waals surface area contributed by atoms with Gasteiger partial charge in [-0.25, -0.2) is 4.98 Å². The van der Waals surface area contributed by atoms with Crippen molar-refractivity contribution in [3.8, 4) is 17.0 Å². The minimum Gasteiger partial charge on any atom is -0.508 e. The van der Waals surface area contributed by atoms with Gasteiger partial charge in [0.15, 0.2) is 0 Å². The number of hydrogen-bond donors (Lipinski definition) is 1. The second kappa shape index (κ2) is 9.26. The highest BCUT2D eigenvalue weighted by Gasteiger charge is 2.12. The summed E-state index contributed by atoms with van der Waals surface area (Å²) in [5, 5.41) is 21.4. The molecule has 32 heavy (non-hydrogen) atoms. The highest BCUT2D eigenvalue weighted by molar-refractivity contribution is 6.36. The molecule has 1 aromatic heterocycles. The van der Waals surface area contributed by atoms with Crippen molar-refractivity contribution in [3.05, 3.63) is 110 Å². The van der Waals surface area contributed by atoms with E-state index in [2.05, 4.69) is 0 Å². The normalized spacial score (nSPS) is 11.2. The van der Waals surface area contributed by atoms with Crippen LogP contribution in [0.3, 0.4) is 0 Å². The summed E-state index contributed by atoms with van der Waals surface area (Å²) in [5.74, 6) is 0.874. The first kappa shape index (κ1) is 21.6. The van der Waals surface area contributed by atoms with Crippen molar-refractivity contribution in [1.29, 1.82) is 0 Å². The predicted molar refractivity (Wildman–Crippen MR) is 127 cm³/mol. The summed E-state index contributed by atoms with van der Waals surface area (Å²) in [7, 11) is 0. The van der Waals surface area contributed by atoms with Crippen molar-refractivity contribution >= 4 is 41.0 Å². The Morgan fingerprint density at radius 1 is 1.00 bits per heavy atom. The zero-order valence-electron chi connectivity index (χ0n) is 16.7. The molecule has 0 bridgehead atoms. The molecule has 0 saturated heterocycles. The number of phenolic OH excluding ortho intramolecular Hbond substituents is 1. The molecule has 0 unspecified atom stereocenters. The van der Waals surface area contributed by atoms with Crippen LogP contribution in [0.25, 0.3) is 23.4 Å². The Hall–Kier alpha value is -3.61. The van der Waals surface area contributed by atoms with E-state index in [1.165, 1.54) is 12.1 Å². The lowest BCUT2D eigenvalue weighted by atomic mass is 10.2. The molecule has 1 N–H and O–H groups in total. The zero-order chi connectivity index (χ0) is 22.7. The van der Waals surface area contributed by atoms with Gasteiger partial charge in [-0.05, 0) is 47.5 Å². The zero-order valence-corrected chi connectivity index (χ0v) is 18.2. The van der Waals surface area contributed by atoms with Crippen LogP contribution in [-0.2, 0) is 6.54 Å². The molecule has 4 aromatic rings. The third kappa shape index (κ3) is 4.99. The van der Waals surface area contributed by atoms with Gasteiger partial charge < -0.3 is 9.67 Å². The Balaban J connectivity index is 1.71. The first-order valence-corrected chi connectivity index (χ1v) is 10.4. The fourth-order valence-electron chi connectivity index (χ4n) is 3.19. The van der Waals surface area contributed by atoms with E-state index in [1.54, 1.807) is 48.5 Å². The van der Waals surface area contributed by atoms with Crippen LogP contribution in [0.5, 0.6) is 5.75 Å². The molecular weight excluding hydrogens is 449 g/mol. The second-order valence-corrected chi connectivity index (χ2v) is 7.93. The molecule has 0 radical (unpaired) electrons. The molecule has 160 valence electrons. The molecule has 4 rings (SSSR count). The van der Waals surface area contributed by atoms with Gasteiger partial charge in [0, 0.05) is 35.5 Å². The summed E-state index contributed by atoms with van der Waals surface area (Å²) in [6.45, 7) is 0.464. The number of non-ortho nitro benzene ring substituents is 1. The van der Waals surface area contributed by atoms with Gasteiger partial charge in [-0.3, -0.25) is 10.1 Å². The molecule has 0 aliphatic rings. The minimum absolute atomic E-state index is 0.0421. The van der Waals surface area contributed by atoms with E-state index < -0.39 is 4.92 Å². The molecule has 0 saturated carbocycles. The first-order chi connectivity index (χ1) is 15.4. The van der Waals surface area contributed by atoms with Gasteiger partial charge in [-0.2, -0.15) is 0 Å². The van der Waals surface area contributed by atoms with Crippen LogP contribution in [0.15, 0.2) is 72.9 Å². The van der Waals surface area contributed by atoms with Crippen molar-refractivity contribution in [1.82, 2.24) is 9.55 Å². The number of hydrogen-bond acceptors (Lipinski definition) is 4. The maximum absolute atomic E-state index is 10.9. The SMILES string of the molecule is O=[N+]([O-])c1ccc(Cn2cc(-c3ccc(Cl)cc3Cl)nc2/C=C/c2ccc(O)cc2)cc1. The topological polar surface area (TPSA) is 81.2 Å². The summed E-state index contributed by atoms with van der Waals surface area (Å²) < 4.78 is 1.94. The van der Waals surface area contributed by atoms with Crippen LogP contribution in [0.4, 0.5) is 5.69 Å². The van der Waals surface area contributed by atoms with Crippen LogP contribution >= 0.6 is 23.2 Å². The molecule has 1 heterocycles. The number of benzene rings is 3. The number of aromatic hydroxyl groups is 1. The third-order valence-corrected chi connectivity index (χ3v) is 5.38. The van der Waals surface area contributed by atoms with Gasteiger partial charge in [-0.1, -0.05) is 53.5 Å². The summed E-state index contributed by atoms with van der Waals surface area (Å²) in [5.41, 5.74) is 3.26. The smallest absolute Gasteiger partial charge is 0.269 e. The van der Waals surface area contributed by atoms with Crippen molar-refractivity contribution in [2.24, 2.45) is 0 Å². The van der Waals surface area contributed by atoms with E-state index in [0.29, 0.717) is 28.1 Å². The lowest BCUT2D eigenvalue weighted by Crippen LogP contribution is -2.01. The molecule has 0 aliphatic heterocycles. The maximum Gasteiger partial charge on any atom is 0.269 e. The number of rotatable bonds is 6. The number of nitrogens with zero attached hydrogens (tertiary/aromatic N) is 3. The molecule has 0 fully saturated rings. The number of halogens is 2. The molecule has 0 spiro atoms. The molecule has 8 heteroatoms. The van der Waals surface area contributed by atoms with Gasteiger partial charge >= 0.3 is 0 Å². The first-order valence-electron chi connectivity index (χ1n) is 9.62. The van der Waals surface area contributed by atoms with E-state index >= 15 is 0 Å². The fraction of sp³-hybridized carbons (Fsp3) is 0.0417. The van der Waals surface area contributed by atoms with Crippen molar-refractivity contribution in [2.45, 2.75) is 6.54 Å². The average Bonchev–Trinajstić information content (AvgIpc) is 3.16. The number of imidazole rings is 1. The third-order valence-electron chi connectivity index (χ3n) is 4.83. The predicted octanol–water partition coefficient (Wildman–Crippen LogP) is 6.69.